The molecule has 0 saturated heterocycles. The second kappa shape index (κ2) is 4.28. The van der Waals surface area contributed by atoms with Crippen molar-refractivity contribution in [2.24, 2.45) is 5.92 Å². The summed E-state index contributed by atoms with van der Waals surface area (Å²) < 4.78 is 0. The third-order valence-electron chi connectivity index (χ3n) is 3.15. The van der Waals surface area contributed by atoms with Crippen LogP contribution >= 0.6 is 0 Å². The number of hydrogen-bond donors (Lipinski definition) is 1. The van der Waals surface area contributed by atoms with E-state index in [4.69, 9.17) is 0 Å². The van der Waals surface area contributed by atoms with Crippen molar-refractivity contribution in [3.8, 4) is 0 Å². The van der Waals surface area contributed by atoms with Gasteiger partial charge in [-0.2, -0.15) is 0 Å². The molecule has 1 aromatic rings. The Hall–Kier alpha value is -1.31. The van der Waals surface area contributed by atoms with Gasteiger partial charge in [-0.25, -0.2) is 0 Å². The van der Waals surface area contributed by atoms with Gasteiger partial charge < -0.3 is 5.32 Å². The summed E-state index contributed by atoms with van der Waals surface area (Å²) in [5, 5.41) is 3.02. The summed E-state index contributed by atoms with van der Waals surface area (Å²) in [5.74, 6) is 0.817. The number of benzene rings is 1. The van der Waals surface area contributed by atoms with Crippen molar-refractivity contribution in [3.05, 3.63) is 34.4 Å². The molecule has 2 rings (SSSR count). The second-order valence-electron chi connectivity index (χ2n) is 4.93. The van der Waals surface area contributed by atoms with Crippen LogP contribution in [-0.4, -0.2) is 12.5 Å². The Bertz CT molecular complexity index is 396. The molecule has 1 amide bonds. The summed E-state index contributed by atoms with van der Waals surface area (Å²) in [6.07, 6.45) is 2.54. The predicted octanol–water partition coefficient (Wildman–Crippen LogP) is 2.75. The van der Waals surface area contributed by atoms with Gasteiger partial charge in [0.1, 0.15) is 0 Å². The molecule has 1 N–H and O–H groups in total. The molecule has 0 radical (unpaired) electrons. The average molecular weight is 217 g/mol. The summed E-state index contributed by atoms with van der Waals surface area (Å²) >= 11 is 0. The van der Waals surface area contributed by atoms with Crippen LogP contribution in [0, 0.1) is 26.7 Å². The molecule has 0 bridgehead atoms. The Morgan fingerprint density at radius 3 is 2.31 bits per heavy atom. The quantitative estimate of drug-likeness (QED) is 0.828. The number of hydrogen-bond acceptors (Lipinski definition) is 1. The molecule has 1 fully saturated rings. The van der Waals surface area contributed by atoms with Crippen LogP contribution in [0.15, 0.2) is 12.1 Å². The minimum absolute atomic E-state index is 0.0851. The van der Waals surface area contributed by atoms with Crippen molar-refractivity contribution in [3.63, 3.8) is 0 Å². The predicted molar refractivity (Wildman–Crippen MR) is 65.7 cm³/mol. The van der Waals surface area contributed by atoms with Crippen LogP contribution in [-0.2, 0) is 0 Å². The maximum Gasteiger partial charge on any atom is 0.251 e. The fourth-order valence-corrected chi connectivity index (χ4v) is 2.19. The minimum atomic E-state index is 0.0851. The van der Waals surface area contributed by atoms with Gasteiger partial charge in [-0.15, -0.1) is 0 Å². The Labute approximate surface area is 97.1 Å². The lowest BCUT2D eigenvalue weighted by Gasteiger charge is -2.11. The maximum absolute atomic E-state index is 12.0. The topological polar surface area (TPSA) is 29.1 Å². The van der Waals surface area contributed by atoms with E-state index in [1.807, 2.05) is 13.8 Å². The highest BCUT2D eigenvalue weighted by Crippen LogP contribution is 2.27. The fourth-order valence-electron chi connectivity index (χ4n) is 2.19. The van der Waals surface area contributed by atoms with Gasteiger partial charge in [0.15, 0.2) is 0 Å². The van der Waals surface area contributed by atoms with Crippen molar-refractivity contribution in [1.29, 1.82) is 0 Å². The first-order chi connectivity index (χ1) is 7.58. The number of rotatable bonds is 3. The molecular formula is C14H19NO. The maximum atomic E-state index is 12.0. The largest absolute Gasteiger partial charge is 0.352 e. The molecule has 0 unspecified atom stereocenters. The highest BCUT2D eigenvalue weighted by molar-refractivity contribution is 5.97. The van der Waals surface area contributed by atoms with Crippen LogP contribution in [0.25, 0.3) is 0 Å². The fraction of sp³-hybridized carbons (Fsp3) is 0.500. The zero-order chi connectivity index (χ0) is 11.7. The molecule has 0 aliphatic heterocycles. The minimum Gasteiger partial charge on any atom is -0.352 e. The van der Waals surface area contributed by atoms with Gasteiger partial charge in [0, 0.05) is 12.1 Å². The third-order valence-corrected chi connectivity index (χ3v) is 3.15. The van der Waals surface area contributed by atoms with Gasteiger partial charge in [-0.1, -0.05) is 17.7 Å². The van der Waals surface area contributed by atoms with E-state index in [1.165, 1.54) is 18.4 Å². The monoisotopic (exact) mass is 217 g/mol. The SMILES string of the molecule is Cc1cc(C)c(C(=O)NCC2CC2)c(C)c1. The van der Waals surface area contributed by atoms with Gasteiger partial charge in [0.2, 0.25) is 0 Å². The van der Waals surface area contributed by atoms with E-state index in [9.17, 15) is 4.79 Å². The molecule has 0 spiro atoms. The first-order valence-electron chi connectivity index (χ1n) is 5.94. The van der Waals surface area contributed by atoms with E-state index in [-0.39, 0.29) is 5.91 Å². The van der Waals surface area contributed by atoms with Crippen molar-refractivity contribution >= 4 is 5.91 Å². The molecular weight excluding hydrogens is 198 g/mol. The van der Waals surface area contributed by atoms with E-state index >= 15 is 0 Å². The highest BCUT2D eigenvalue weighted by Gasteiger charge is 2.22. The number of aryl methyl sites for hydroxylation is 3. The summed E-state index contributed by atoms with van der Waals surface area (Å²) in [4.78, 5) is 12.0. The Kier molecular flexibility index (Phi) is 2.99. The number of amides is 1. The van der Waals surface area contributed by atoms with Crippen LogP contribution < -0.4 is 5.32 Å². The summed E-state index contributed by atoms with van der Waals surface area (Å²) in [6.45, 7) is 6.91. The molecule has 0 atom stereocenters. The first-order valence-corrected chi connectivity index (χ1v) is 5.94. The standard InChI is InChI=1S/C14H19NO/c1-9-6-10(2)13(11(3)7-9)14(16)15-8-12-4-5-12/h6-7,12H,4-5,8H2,1-3H3,(H,15,16). The Balaban J connectivity index is 2.14. The molecule has 2 heteroatoms. The van der Waals surface area contributed by atoms with Crippen LogP contribution in [0.1, 0.15) is 39.9 Å². The Morgan fingerprint density at radius 1 is 1.25 bits per heavy atom. The van der Waals surface area contributed by atoms with Crippen molar-refractivity contribution in [2.45, 2.75) is 33.6 Å². The zero-order valence-electron chi connectivity index (χ0n) is 10.3. The first kappa shape index (κ1) is 11.2. The molecule has 16 heavy (non-hydrogen) atoms. The second-order valence-corrected chi connectivity index (χ2v) is 4.93. The zero-order valence-corrected chi connectivity index (χ0v) is 10.3. The lowest BCUT2D eigenvalue weighted by Crippen LogP contribution is -2.27. The van der Waals surface area contributed by atoms with Crippen LogP contribution in [0.2, 0.25) is 0 Å². The molecule has 1 aliphatic carbocycles. The Morgan fingerprint density at radius 2 is 1.81 bits per heavy atom. The van der Waals surface area contributed by atoms with E-state index in [0.717, 1.165) is 29.2 Å². The van der Waals surface area contributed by atoms with E-state index < -0.39 is 0 Å². The van der Waals surface area contributed by atoms with Crippen LogP contribution in [0.5, 0.6) is 0 Å². The average Bonchev–Trinajstić information content (AvgIpc) is 2.96. The molecule has 1 aromatic carbocycles. The van der Waals surface area contributed by atoms with Crippen molar-refractivity contribution in [1.82, 2.24) is 5.32 Å². The summed E-state index contributed by atoms with van der Waals surface area (Å²) in [5.41, 5.74) is 4.22. The highest BCUT2D eigenvalue weighted by atomic mass is 16.1. The molecule has 0 aromatic heterocycles. The normalized spacial score (nSPS) is 14.9. The van der Waals surface area contributed by atoms with Gasteiger partial charge in [0.05, 0.1) is 0 Å². The van der Waals surface area contributed by atoms with Crippen molar-refractivity contribution < 1.29 is 4.79 Å². The van der Waals surface area contributed by atoms with Crippen LogP contribution in [0.3, 0.4) is 0 Å². The lowest BCUT2D eigenvalue weighted by atomic mass is 9.99. The van der Waals surface area contributed by atoms with E-state index in [1.54, 1.807) is 0 Å². The van der Waals surface area contributed by atoms with Gasteiger partial charge in [-0.05, 0) is 50.7 Å². The molecule has 1 saturated carbocycles. The van der Waals surface area contributed by atoms with Crippen LogP contribution in [0.4, 0.5) is 0 Å². The van der Waals surface area contributed by atoms with E-state index in [0.29, 0.717) is 0 Å². The van der Waals surface area contributed by atoms with E-state index in [2.05, 4.69) is 24.4 Å². The van der Waals surface area contributed by atoms with Crippen molar-refractivity contribution in [2.75, 3.05) is 6.54 Å². The molecule has 1 aliphatic rings. The van der Waals surface area contributed by atoms with Gasteiger partial charge in [0.25, 0.3) is 5.91 Å². The van der Waals surface area contributed by atoms with Gasteiger partial charge >= 0.3 is 0 Å². The smallest absolute Gasteiger partial charge is 0.251 e. The molecule has 2 nitrogen and oxygen atoms in total. The number of carbonyl (C=O) groups is 1. The number of nitrogens with one attached hydrogen (secondary N) is 1. The summed E-state index contributed by atoms with van der Waals surface area (Å²) in [7, 11) is 0. The lowest BCUT2D eigenvalue weighted by molar-refractivity contribution is 0.0950. The molecule has 86 valence electrons. The third kappa shape index (κ3) is 2.43. The molecule has 0 heterocycles. The van der Waals surface area contributed by atoms with Gasteiger partial charge in [-0.3, -0.25) is 4.79 Å². The number of carbonyl (C=O) groups excluding carboxylic acids is 1. The summed E-state index contributed by atoms with van der Waals surface area (Å²) in [6, 6.07) is 4.14.